The van der Waals surface area contributed by atoms with Crippen LogP contribution in [0.2, 0.25) is 5.02 Å². The number of hydrogen-bond donors (Lipinski definition) is 2. The molecule has 0 aliphatic carbocycles. The van der Waals surface area contributed by atoms with Crippen molar-refractivity contribution < 1.29 is 0 Å². The Balaban J connectivity index is 1.33. The molecule has 140 valence electrons. The van der Waals surface area contributed by atoms with Crippen molar-refractivity contribution in [3.05, 3.63) is 64.7 Å². The summed E-state index contributed by atoms with van der Waals surface area (Å²) < 4.78 is 0. The maximum atomic E-state index is 8.54. The van der Waals surface area contributed by atoms with Gasteiger partial charge in [-0.2, -0.15) is 0 Å². The van der Waals surface area contributed by atoms with Gasteiger partial charge in [0, 0.05) is 49.0 Å². The van der Waals surface area contributed by atoms with Crippen LogP contribution in [0.15, 0.2) is 48.5 Å². The highest BCUT2D eigenvalue weighted by Gasteiger charge is 2.26. The number of benzene rings is 2. The Bertz CT molecular complexity index is 840. The molecule has 0 saturated carbocycles. The van der Waals surface area contributed by atoms with Crippen LogP contribution in [0.3, 0.4) is 0 Å². The molecule has 2 aromatic rings. The Hall–Kier alpha value is -2.37. The molecule has 2 N–H and O–H groups in total. The molecule has 0 atom stereocenters. The molecule has 0 spiro atoms. The molecule has 2 heterocycles. The van der Waals surface area contributed by atoms with Gasteiger partial charge in [-0.3, -0.25) is 15.7 Å². The number of anilines is 1. The Morgan fingerprint density at radius 3 is 2.37 bits per heavy atom. The molecule has 0 unspecified atom stereocenters. The van der Waals surface area contributed by atoms with Gasteiger partial charge in [-0.05, 0) is 36.2 Å². The number of fused-ring (bicyclic) bond motifs is 1. The van der Waals surface area contributed by atoms with Gasteiger partial charge in [-0.15, -0.1) is 0 Å². The van der Waals surface area contributed by atoms with E-state index in [1.807, 2.05) is 35.2 Å². The normalized spacial score (nSPS) is 17.7. The van der Waals surface area contributed by atoms with Gasteiger partial charge < -0.3 is 9.80 Å². The van der Waals surface area contributed by atoms with Crippen molar-refractivity contribution in [2.75, 3.05) is 44.2 Å². The zero-order chi connectivity index (χ0) is 18.8. The van der Waals surface area contributed by atoms with Crippen LogP contribution in [0.1, 0.15) is 11.1 Å². The summed E-state index contributed by atoms with van der Waals surface area (Å²) >= 11 is 5.98. The lowest BCUT2D eigenvalue weighted by molar-refractivity contribution is 0.284. The highest BCUT2D eigenvalue weighted by atomic mass is 35.5. The van der Waals surface area contributed by atoms with E-state index in [-0.39, 0.29) is 0 Å². The van der Waals surface area contributed by atoms with E-state index in [0.717, 1.165) is 49.7 Å². The molecule has 2 aliphatic rings. The third kappa shape index (κ3) is 3.84. The molecule has 5 nitrogen and oxygen atoms in total. The van der Waals surface area contributed by atoms with Gasteiger partial charge >= 0.3 is 0 Å². The van der Waals surface area contributed by atoms with Gasteiger partial charge in [-0.1, -0.05) is 35.9 Å². The molecule has 4 rings (SSSR count). The molecule has 1 fully saturated rings. The maximum absolute atomic E-state index is 8.54. The molecule has 0 bridgehead atoms. The Morgan fingerprint density at radius 1 is 0.926 bits per heavy atom. The summed E-state index contributed by atoms with van der Waals surface area (Å²) in [5, 5.41) is 17.8. The minimum Gasteiger partial charge on any atom is -0.369 e. The van der Waals surface area contributed by atoms with Crippen LogP contribution >= 0.6 is 11.6 Å². The molecular weight excluding hydrogens is 358 g/mol. The molecule has 0 amide bonds. The summed E-state index contributed by atoms with van der Waals surface area (Å²) in [5.41, 5.74) is 3.37. The van der Waals surface area contributed by atoms with E-state index in [2.05, 4.69) is 28.0 Å². The second kappa shape index (κ2) is 7.71. The van der Waals surface area contributed by atoms with Gasteiger partial charge in [0.25, 0.3) is 0 Å². The number of halogens is 1. The molecular formula is C21H24ClN5. The summed E-state index contributed by atoms with van der Waals surface area (Å²) in [5.74, 6) is 0.982. The first-order chi connectivity index (χ1) is 13.1. The van der Waals surface area contributed by atoms with Crippen molar-refractivity contribution in [3.8, 4) is 0 Å². The highest BCUT2D eigenvalue weighted by Crippen LogP contribution is 2.21. The molecule has 0 radical (unpaired) electrons. The van der Waals surface area contributed by atoms with Crippen molar-refractivity contribution >= 4 is 29.0 Å². The first-order valence-electron chi connectivity index (χ1n) is 9.36. The second-order valence-corrected chi connectivity index (χ2v) is 7.53. The van der Waals surface area contributed by atoms with Crippen LogP contribution in [-0.2, 0) is 6.42 Å². The third-order valence-electron chi connectivity index (χ3n) is 5.41. The van der Waals surface area contributed by atoms with Crippen LogP contribution in [0.4, 0.5) is 5.69 Å². The van der Waals surface area contributed by atoms with E-state index in [1.54, 1.807) is 0 Å². The monoisotopic (exact) mass is 381 g/mol. The Morgan fingerprint density at radius 2 is 1.63 bits per heavy atom. The zero-order valence-corrected chi connectivity index (χ0v) is 16.0. The SMILES string of the molecule is N=C(CN1CCN(c2ccc(Cl)cc2)CC1)N1CCc2ccccc2C1=N. The van der Waals surface area contributed by atoms with Crippen molar-refractivity contribution in [2.24, 2.45) is 0 Å². The average molecular weight is 382 g/mol. The zero-order valence-electron chi connectivity index (χ0n) is 15.3. The van der Waals surface area contributed by atoms with Gasteiger partial charge in [-0.25, -0.2) is 0 Å². The van der Waals surface area contributed by atoms with Gasteiger partial charge in [0.05, 0.1) is 6.54 Å². The Kier molecular flexibility index (Phi) is 5.14. The number of amidine groups is 2. The van der Waals surface area contributed by atoms with Gasteiger partial charge in [0.15, 0.2) is 0 Å². The lowest BCUT2D eigenvalue weighted by atomic mass is 9.98. The first kappa shape index (κ1) is 18.0. The van der Waals surface area contributed by atoms with Gasteiger partial charge in [0.2, 0.25) is 0 Å². The molecule has 6 heteroatoms. The summed E-state index contributed by atoms with van der Waals surface area (Å²) in [6, 6.07) is 16.0. The number of nitrogens with one attached hydrogen (secondary N) is 2. The maximum Gasteiger partial charge on any atom is 0.133 e. The van der Waals surface area contributed by atoms with Crippen molar-refractivity contribution in [2.45, 2.75) is 6.42 Å². The van der Waals surface area contributed by atoms with Gasteiger partial charge in [0.1, 0.15) is 11.7 Å². The first-order valence-corrected chi connectivity index (χ1v) is 9.74. The summed E-state index contributed by atoms with van der Waals surface area (Å²) in [4.78, 5) is 6.52. The lowest BCUT2D eigenvalue weighted by Crippen LogP contribution is -2.51. The van der Waals surface area contributed by atoms with Crippen LogP contribution in [0.5, 0.6) is 0 Å². The van der Waals surface area contributed by atoms with E-state index in [4.69, 9.17) is 22.4 Å². The largest absolute Gasteiger partial charge is 0.369 e. The van der Waals surface area contributed by atoms with Crippen LogP contribution in [0.25, 0.3) is 0 Å². The quantitative estimate of drug-likeness (QED) is 0.633. The fraction of sp³-hybridized carbons (Fsp3) is 0.333. The number of hydrogen-bond acceptors (Lipinski definition) is 4. The van der Waals surface area contributed by atoms with Crippen LogP contribution in [0, 0.1) is 10.8 Å². The summed E-state index contributed by atoms with van der Waals surface area (Å²) in [7, 11) is 0. The fourth-order valence-electron chi connectivity index (χ4n) is 3.84. The van der Waals surface area contributed by atoms with E-state index in [0.29, 0.717) is 18.2 Å². The fourth-order valence-corrected chi connectivity index (χ4v) is 3.97. The third-order valence-corrected chi connectivity index (χ3v) is 5.66. The number of nitrogens with zero attached hydrogens (tertiary/aromatic N) is 3. The average Bonchev–Trinajstić information content (AvgIpc) is 2.70. The minimum atomic E-state index is 0.460. The predicted octanol–water partition coefficient (Wildman–Crippen LogP) is 3.32. The van der Waals surface area contributed by atoms with Crippen LogP contribution < -0.4 is 4.90 Å². The topological polar surface area (TPSA) is 57.4 Å². The molecule has 27 heavy (non-hydrogen) atoms. The standard InChI is InChI=1S/C21H24ClN5/c22-17-5-7-18(8-6-17)26-13-11-25(12-14-26)15-20(23)27-10-9-16-3-1-2-4-19(16)21(27)24/h1-8,23-24H,9-15H2. The second-order valence-electron chi connectivity index (χ2n) is 7.09. The van der Waals surface area contributed by atoms with Crippen molar-refractivity contribution in [1.82, 2.24) is 9.80 Å². The molecule has 2 aliphatic heterocycles. The van der Waals surface area contributed by atoms with Crippen molar-refractivity contribution in [3.63, 3.8) is 0 Å². The summed E-state index contributed by atoms with van der Waals surface area (Å²) in [6.07, 6.45) is 0.894. The smallest absolute Gasteiger partial charge is 0.133 e. The summed E-state index contributed by atoms with van der Waals surface area (Å²) in [6.45, 7) is 5.04. The number of rotatable bonds is 3. The predicted molar refractivity (Wildman–Crippen MR) is 112 cm³/mol. The van der Waals surface area contributed by atoms with Crippen molar-refractivity contribution in [1.29, 1.82) is 10.8 Å². The minimum absolute atomic E-state index is 0.460. The van der Waals surface area contributed by atoms with E-state index in [9.17, 15) is 0 Å². The van der Waals surface area contributed by atoms with Crippen LogP contribution in [-0.4, -0.2) is 60.7 Å². The molecule has 1 saturated heterocycles. The number of piperazine rings is 1. The Labute approximate surface area is 165 Å². The molecule has 2 aromatic carbocycles. The van der Waals surface area contributed by atoms with E-state index in [1.165, 1.54) is 11.3 Å². The van der Waals surface area contributed by atoms with E-state index < -0.39 is 0 Å². The van der Waals surface area contributed by atoms with E-state index >= 15 is 0 Å². The highest BCUT2D eigenvalue weighted by molar-refractivity contribution is 6.30. The molecule has 0 aromatic heterocycles. The lowest BCUT2D eigenvalue weighted by Gasteiger charge is -2.38.